The van der Waals surface area contributed by atoms with Crippen LogP contribution >= 0.6 is 0 Å². The molecule has 2 bridgehead atoms. The van der Waals surface area contributed by atoms with Crippen LogP contribution in [0.3, 0.4) is 0 Å². The second kappa shape index (κ2) is 5.64. The molecule has 2 aromatic carbocycles. The highest BCUT2D eigenvalue weighted by atomic mass is 19.1. The van der Waals surface area contributed by atoms with Crippen molar-refractivity contribution in [2.24, 2.45) is 0 Å². The zero-order chi connectivity index (χ0) is 16.8. The number of fused-ring (bicyclic) bond motifs is 2. The molecule has 4 rings (SSSR count). The Balaban J connectivity index is 1.54. The molecule has 0 saturated carbocycles. The van der Waals surface area contributed by atoms with Crippen LogP contribution in [0.4, 0.5) is 8.78 Å². The van der Waals surface area contributed by atoms with E-state index in [0.717, 1.165) is 37.7 Å². The van der Waals surface area contributed by atoms with E-state index < -0.39 is 6.10 Å². The molecular weight excluding hydrogens is 308 g/mol. The van der Waals surface area contributed by atoms with Crippen molar-refractivity contribution in [2.45, 2.75) is 49.3 Å². The third-order valence-corrected chi connectivity index (χ3v) is 5.76. The van der Waals surface area contributed by atoms with Gasteiger partial charge in [-0.1, -0.05) is 24.3 Å². The first kappa shape index (κ1) is 15.7. The number of benzene rings is 2. The van der Waals surface area contributed by atoms with Crippen molar-refractivity contribution in [3.8, 4) is 0 Å². The smallest absolute Gasteiger partial charge is 0.123 e. The topological polar surface area (TPSA) is 32.3 Å². The summed E-state index contributed by atoms with van der Waals surface area (Å²) in [6, 6.07) is 12.9. The van der Waals surface area contributed by atoms with Gasteiger partial charge in [0.05, 0.1) is 6.10 Å². The molecule has 126 valence electrons. The van der Waals surface area contributed by atoms with Gasteiger partial charge in [-0.15, -0.1) is 0 Å². The molecule has 0 aliphatic carbocycles. The number of aliphatic hydroxyl groups is 1. The SMILES string of the molecule is O[C@H](c1cccc(F)c1)C12CCC(Cc3ccc(F)cc3)(CC1)N2. The van der Waals surface area contributed by atoms with Crippen LogP contribution in [-0.2, 0) is 6.42 Å². The molecule has 24 heavy (non-hydrogen) atoms. The zero-order valence-corrected chi connectivity index (χ0v) is 13.4. The van der Waals surface area contributed by atoms with Crippen molar-refractivity contribution in [3.05, 3.63) is 71.3 Å². The molecule has 2 aliphatic heterocycles. The van der Waals surface area contributed by atoms with E-state index in [9.17, 15) is 13.9 Å². The third kappa shape index (κ3) is 2.64. The van der Waals surface area contributed by atoms with Crippen LogP contribution in [0, 0.1) is 11.6 Å². The molecule has 2 heterocycles. The first-order valence-electron chi connectivity index (χ1n) is 8.48. The molecule has 0 amide bonds. The summed E-state index contributed by atoms with van der Waals surface area (Å²) in [5, 5.41) is 14.5. The summed E-state index contributed by atoms with van der Waals surface area (Å²) in [6.45, 7) is 0. The van der Waals surface area contributed by atoms with Crippen LogP contribution in [0.25, 0.3) is 0 Å². The van der Waals surface area contributed by atoms with Crippen LogP contribution in [0.5, 0.6) is 0 Å². The molecule has 2 fully saturated rings. The molecule has 1 atom stereocenters. The number of nitrogens with one attached hydrogen (secondary N) is 1. The Labute approximate surface area is 140 Å². The number of rotatable bonds is 4. The number of aliphatic hydroxyl groups excluding tert-OH is 1. The Hall–Kier alpha value is -1.78. The first-order chi connectivity index (χ1) is 11.5. The van der Waals surface area contributed by atoms with Crippen LogP contribution in [0.1, 0.15) is 42.9 Å². The Bertz CT molecular complexity index is 736. The lowest BCUT2D eigenvalue weighted by molar-refractivity contribution is 0.0734. The molecule has 4 heteroatoms. The summed E-state index contributed by atoms with van der Waals surface area (Å²) in [5.41, 5.74) is 1.30. The van der Waals surface area contributed by atoms with Gasteiger partial charge in [-0.25, -0.2) is 8.78 Å². The number of hydrogen-bond acceptors (Lipinski definition) is 2. The van der Waals surface area contributed by atoms with Crippen molar-refractivity contribution < 1.29 is 13.9 Å². The predicted molar refractivity (Wildman–Crippen MR) is 88.5 cm³/mol. The van der Waals surface area contributed by atoms with Gasteiger partial charge in [-0.05, 0) is 67.5 Å². The van der Waals surface area contributed by atoms with Gasteiger partial charge in [0.1, 0.15) is 11.6 Å². The van der Waals surface area contributed by atoms with Crippen LogP contribution in [-0.4, -0.2) is 16.2 Å². The molecule has 0 radical (unpaired) electrons. The molecule has 2 saturated heterocycles. The normalized spacial score (nSPS) is 29.8. The lowest BCUT2D eigenvalue weighted by Crippen LogP contribution is -2.47. The summed E-state index contributed by atoms with van der Waals surface area (Å²) in [6.07, 6.45) is 3.78. The molecule has 0 spiro atoms. The van der Waals surface area contributed by atoms with E-state index in [1.54, 1.807) is 12.1 Å². The van der Waals surface area contributed by atoms with Crippen molar-refractivity contribution in [1.29, 1.82) is 0 Å². The van der Waals surface area contributed by atoms with Crippen LogP contribution < -0.4 is 5.32 Å². The van der Waals surface area contributed by atoms with Gasteiger partial charge in [-0.3, -0.25) is 0 Å². The van der Waals surface area contributed by atoms with Gasteiger partial charge >= 0.3 is 0 Å². The van der Waals surface area contributed by atoms with Crippen molar-refractivity contribution in [2.75, 3.05) is 0 Å². The zero-order valence-electron chi connectivity index (χ0n) is 13.4. The fourth-order valence-corrected chi connectivity index (χ4v) is 4.50. The van der Waals surface area contributed by atoms with Gasteiger partial charge in [0.2, 0.25) is 0 Å². The average molecular weight is 329 g/mol. The maximum Gasteiger partial charge on any atom is 0.123 e. The Kier molecular flexibility index (Phi) is 3.70. The minimum atomic E-state index is -0.717. The summed E-state index contributed by atoms with van der Waals surface area (Å²) in [5.74, 6) is -0.547. The fraction of sp³-hybridized carbons (Fsp3) is 0.400. The highest BCUT2D eigenvalue weighted by molar-refractivity contribution is 5.29. The molecular formula is C20H21F2NO. The molecule has 2 aromatic rings. The largest absolute Gasteiger partial charge is 0.386 e. The second-order valence-electron chi connectivity index (χ2n) is 7.32. The number of halogens is 2. The maximum atomic E-state index is 13.5. The van der Waals surface area contributed by atoms with Gasteiger partial charge in [0.15, 0.2) is 0 Å². The van der Waals surface area contributed by atoms with Crippen molar-refractivity contribution in [1.82, 2.24) is 5.32 Å². The lowest BCUT2D eigenvalue weighted by atomic mass is 9.76. The molecule has 0 unspecified atom stereocenters. The highest BCUT2D eigenvalue weighted by Gasteiger charge is 2.56. The quantitative estimate of drug-likeness (QED) is 0.892. The molecule has 2 N–H and O–H groups in total. The van der Waals surface area contributed by atoms with E-state index in [4.69, 9.17) is 0 Å². The van der Waals surface area contributed by atoms with Crippen LogP contribution in [0.2, 0.25) is 0 Å². The average Bonchev–Trinajstić information content (AvgIpc) is 3.13. The van der Waals surface area contributed by atoms with E-state index in [1.165, 1.54) is 24.3 Å². The van der Waals surface area contributed by atoms with Crippen molar-refractivity contribution in [3.63, 3.8) is 0 Å². The summed E-state index contributed by atoms with van der Waals surface area (Å²) < 4.78 is 26.6. The van der Waals surface area contributed by atoms with E-state index in [0.29, 0.717) is 5.56 Å². The Morgan fingerprint density at radius 1 is 0.958 bits per heavy atom. The second-order valence-corrected chi connectivity index (χ2v) is 7.32. The fourth-order valence-electron chi connectivity index (χ4n) is 4.50. The number of hydrogen-bond donors (Lipinski definition) is 2. The van der Waals surface area contributed by atoms with Crippen LogP contribution in [0.15, 0.2) is 48.5 Å². The summed E-state index contributed by atoms with van der Waals surface area (Å²) in [4.78, 5) is 0. The van der Waals surface area contributed by atoms with Crippen molar-refractivity contribution >= 4 is 0 Å². The minimum absolute atomic E-state index is 0.0495. The van der Waals surface area contributed by atoms with Gasteiger partial charge in [0.25, 0.3) is 0 Å². The summed E-state index contributed by atoms with van der Waals surface area (Å²) in [7, 11) is 0. The Morgan fingerprint density at radius 2 is 1.67 bits per heavy atom. The van der Waals surface area contributed by atoms with E-state index in [1.807, 2.05) is 12.1 Å². The monoisotopic (exact) mass is 329 g/mol. The van der Waals surface area contributed by atoms with E-state index in [2.05, 4.69) is 5.32 Å². The molecule has 2 aliphatic rings. The lowest BCUT2D eigenvalue weighted by Gasteiger charge is -2.32. The van der Waals surface area contributed by atoms with Gasteiger partial charge in [-0.2, -0.15) is 0 Å². The van der Waals surface area contributed by atoms with E-state index >= 15 is 0 Å². The Morgan fingerprint density at radius 3 is 2.33 bits per heavy atom. The summed E-state index contributed by atoms with van der Waals surface area (Å²) >= 11 is 0. The molecule has 2 nitrogen and oxygen atoms in total. The standard InChI is InChI=1S/C20H21F2NO/c21-16-6-4-14(5-7-16)13-19-8-10-20(23-19,11-9-19)18(24)15-2-1-3-17(22)12-15/h1-7,12,18,23-24H,8-11,13H2/t18-,19?,20?/m1/s1. The van der Waals surface area contributed by atoms with Gasteiger partial charge < -0.3 is 10.4 Å². The minimum Gasteiger partial charge on any atom is -0.386 e. The van der Waals surface area contributed by atoms with Gasteiger partial charge in [0, 0.05) is 11.1 Å². The van der Waals surface area contributed by atoms with E-state index in [-0.39, 0.29) is 22.7 Å². The maximum absolute atomic E-state index is 13.5. The first-order valence-corrected chi connectivity index (χ1v) is 8.48. The highest BCUT2D eigenvalue weighted by Crippen LogP contribution is 2.51. The molecule has 0 aromatic heterocycles. The third-order valence-electron chi connectivity index (χ3n) is 5.76. The predicted octanol–water partition coefficient (Wildman–Crippen LogP) is 3.90.